The van der Waals surface area contributed by atoms with Crippen LogP contribution in [0.1, 0.15) is 0 Å². The number of aromatic nitrogens is 4. The van der Waals surface area contributed by atoms with Gasteiger partial charge in [-0.1, -0.05) is 54.6 Å². The van der Waals surface area contributed by atoms with Gasteiger partial charge in [-0.3, -0.25) is 15.0 Å². The molecule has 0 unspecified atom stereocenters. The summed E-state index contributed by atoms with van der Waals surface area (Å²) in [7, 11) is 0. The first-order chi connectivity index (χ1) is 17.8. The highest BCUT2D eigenvalue weighted by Gasteiger charge is 2.08. The molecule has 0 radical (unpaired) electrons. The van der Waals surface area contributed by atoms with Gasteiger partial charge in [0.15, 0.2) is 0 Å². The highest BCUT2D eigenvalue weighted by molar-refractivity contribution is 5.77. The Morgan fingerprint density at radius 1 is 0.361 bits per heavy atom. The molecule has 0 amide bonds. The summed E-state index contributed by atoms with van der Waals surface area (Å²) in [6, 6.07) is 37.1. The predicted octanol–water partition coefficient (Wildman–Crippen LogP) is 7.60. The van der Waals surface area contributed by atoms with Gasteiger partial charge in [0.2, 0.25) is 0 Å². The molecular weight excluding hydrogens is 440 g/mol. The molecular formula is C32H22N4. The molecule has 0 fully saturated rings. The van der Waals surface area contributed by atoms with Crippen LogP contribution in [-0.4, -0.2) is 19.9 Å². The summed E-state index contributed by atoms with van der Waals surface area (Å²) in [5.41, 5.74) is 10.1. The van der Waals surface area contributed by atoms with Gasteiger partial charge in [-0.2, -0.15) is 0 Å². The highest BCUT2D eigenvalue weighted by atomic mass is 14.8. The Kier molecular flexibility index (Phi) is 5.83. The molecule has 0 saturated carbocycles. The third-order valence-electron chi connectivity index (χ3n) is 6.08. The minimum atomic E-state index is 0.865. The molecule has 0 aliphatic rings. The van der Waals surface area contributed by atoms with Crippen molar-refractivity contribution in [2.45, 2.75) is 0 Å². The van der Waals surface area contributed by atoms with Crippen LogP contribution in [0.2, 0.25) is 0 Å². The van der Waals surface area contributed by atoms with Crippen LogP contribution < -0.4 is 0 Å². The molecule has 4 heterocycles. The molecule has 0 spiro atoms. The largest absolute Gasteiger partial charge is 0.264 e. The first-order valence-corrected chi connectivity index (χ1v) is 11.8. The van der Waals surface area contributed by atoms with E-state index in [0.29, 0.717) is 0 Å². The Hall–Kier alpha value is -4.96. The van der Waals surface area contributed by atoms with Gasteiger partial charge in [-0.25, -0.2) is 4.98 Å². The van der Waals surface area contributed by atoms with Gasteiger partial charge in [0.05, 0.1) is 22.8 Å². The summed E-state index contributed by atoms with van der Waals surface area (Å²) in [6.45, 7) is 0. The Morgan fingerprint density at radius 3 is 1.69 bits per heavy atom. The van der Waals surface area contributed by atoms with Gasteiger partial charge >= 0.3 is 0 Å². The zero-order valence-corrected chi connectivity index (χ0v) is 19.5. The van der Waals surface area contributed by atoms with Gasteiger partial charge < -0.3 is 0 Å². The van der Waals surface area contributed by atoms with Crippen LogP contribution in [0.3, 0.4) is 0 Å². The fraction of sp³-hybridized carbons (Fsp3) is 0. The van der Waals surface area contributed by atoms with E-state index in [0.717, 1.165) is 56.2 Å². The van der Waals surface area contributed by atoms with Crippen molar-refractivity contribution in [1.82, 2.24) is 19.9 Å². The second-order valence-electron chi connectivity index (χ2n) is 8.46. The maximum atomic E-state index is 4.89. The van der Waals surface area contributed by atoms with Gasteiger partial charge in [0.25, 0.3) is 0 Å². The molecule has 4 nitrogen and oxygen atoms in total. The van der Waals surface area contributed by atoms with Crippen LogP contribution in [0.5, 0.6) is 0 Å². The third-order valence-corrected chi connectivity index (χ3v) is 6.08. The van der Waals surface area contributed by atoms with Crippen LogP contribution in [-0.2, 0) is 0 Å². The topological polar surface area (TPSA) is 51.6 Å². The molecule has 6 rings (SSSR count). The Morgan fingerprint density at radius 2 is 1.00 bits per heavy atom. The lowest BCUT2D eigenvalue weighted by Gasteiger charge is -2.09. The van der Waals surface area contributed by atoms with E-state index < -0.39 is 0 Å². The fourth-order valence-electron chi connectivity index (χ4n) is 4.24. The molecule has 170 valence electrons. The maximum Gasteiger partial charge on any atom is 0.0886 e. The van der Waals surface area contributed by atoms with Crippen molar-refractivity contribution in [2.24, 2.45) is 0 Å². The van der Waals surface area contributed by atoms with E-state index in [1.54, 1.807) is 12.4 Å². The summed E-state index contributed by atoms with van der Waals surface area (Å²) in [5, 5.41) is 0. The number of nitrogens with zero attached hydrogens (tertiary/aromatic N) is 4. The second-order valence-corrected chi connectivity index (χ2v) is 8.46. The average molecular weight is 463 g/mol. The normalized spacial score (nSPS) is 10.8. The van der Waals surface area contributed by atoms with E-state index in [1.165, 1.54) is 0 Å². The number of pyridine rings is 4. The smallest absolute Gasteiger partial charge is 0.0886 e. The molecule has 0 N–H and O–H groups in total. The predicted molar refractivity (Wildman–Crippen MR) is 145 cm³/mol. The van der Waals surface area contributed by atoms with Crippen molar-refractivity contribution >= 4 is 0 Å². The van der Waals surface area contributed by atoms with E-state index in [4.69, 9.17) is 4.98 Å². The molecule has 4 heteroatoms. The van der Waals surface area contributed by atoms with Gasteiger partial charge in [-0.05, 0) is 71.3 Å². The zero-order valence-electron chi connectivity index (χ0n) is 19.5. The lowest BCUT2D eigenvalue weighted by atomic mass is 9.97. The minimum absolute atomic E-state index is 0.865. The SMILES string of the molecule is c1ccc(-c2ccc(-c3cccc(-c4cccc(-c5cccc(-c6cccnc6)n5)c4)c3)cn2)nc1. The summed E-state index contributed by atoms with van der Waals surface area (Å²) < 4.78 is 0. The van der Waals surface area contributed by atoms with Crippen molar-refractivity contribution < 1.29 is 0 Å². The molecule has 0 saturated heterocycles. The first kappa shape index (κ1) is 21.6. The van der Waals surface area contributed by atoms with E-state index in [1.807, 2.05) is 67.0 Å². The lowest BCUT2D eigenvalue weighted by Crippen LogP contribution is -1.89. The lowest BCUT2D eigenvalue weighted by molar-refractivity contribution is 1.25. The quantitative estimate of drug-likeness (QED) is 0.265. The standard InChI is InChI=1S/C32H22N4/c1-2-18-34-31(12-1)32-16-15-27(22-35-32)25-9-3-7-23(19-25)24-8-4-10-26(20-24)29-13-5-14-30(36-29)28-11-6-17-33-21-28/h1-22H. The van der Waals surface area contributed by atoms with E-state index in [2.05, 4.69) is 69.5 Å². The summed E-state index contributed by atoms with van der Waals surface area (Å²) in [6.07, 6.45) is 7.31. The summed E-state index contributed by atoms with van der Waals surface area (Å²) in [4.78, 5) is 18.1. The van der Waals surface area contributed by atoms with Crippen molar-refractivity contribution in [3.63, 3.8) is 0 Å². The average Bonchev–Trinajstić information content (AvgIpc) is 2.98. The molecule has 36 heavy (non-hydrogen) atoms. The van der Waals surface area contributed by atoms with Crippen molar-refractivity contribution in [3.8, 4) is 56.2 Å². The zero-order chi connectivity index (χ0) is 24.2. The summed E-state index contributed by atoms with van der Waals surface area (Å²) >= 11 is 0. The van der Waals surface area contributed by atoms with Gasteiger partial charge in [0.1, 0.15) is 0 Å². The van der Waals surface area contributed by atoms with Crippen LogP contribution in [0.25, 0.3) is 56.2 Å². The van der Waals surface area contributed by atoms with Gasteiger partial charge in [-0.15, -0.1) is 0 Å². The molecule has 6 aromatic rings. The molecule has 2 aromatic carbocycles. The fourth-order valence-corrected chi connectivity index (χ4v) is 4.24. The molecule has 0 aliphatic heterocycles. The maximum absolute atomic E-state index is 4.89. The number of hydrogen-bond acceptors (Lipinski definition) is 4. The summed E-state index contributed by atoms with van der Waals surface area (Å²) in [5.74, 6) is 0. The van der Waals surface area contributed by atoms with Crippen LogP contribution in [0.15, 0.2) is 134 Å². The number of benzene rings is 2. The second kappa shape index (κ2) is 9.72. The van der Waals surface area contributed by atoms with Gasteiger partial charge in [0, 0.05) is 41.5 Å². The third kappa shape index (κ3) is 4.52. The molecule has 4 aromatic heterocycles. The van der Waals surface area contributed by atoms with Crippen LogP contribution in [0, 0.1) is 0 Å². The molecule has 0 atom stereocenters. The highest BCUT2D eigenvalue weighted by Crippen LogP contribution is 2.30. The Balaban J connectivity index is 1.30. The molecule has 0 bridgehead atoms. The van der Waals surface area contributed by atoms with Crippen molar-refractivity contribution in [3.05, 3.63) is 134 Å². The molecule has 0 aliphatic carbocycles. The van der Waals surface area contributed by atoms with Crippen LogP contribution in [0.4, 0.5) is 0 Å². The van der Waals surface area contributed by atoms with E-state index in [-0.39, 0.29) is 0 Å². The Bertz CT molecular complexity index is 1610. The van der Waals surface area contributed by atoms with Crippen molar-refractivity contribution in [1.29, 1.82) is 0 Å². The van der Waals surface area contributed by atoms with E-state index in [9.17, 15) is 0 Å². The monoisotopic (exact) mass is 462 g/mol. The van der Waals surface area contributed by atoms with E-state index >= 15 is 0 Å². The number of rotatable bonds is 5. The minimum Gasteiger partial charge on any atom is -0.264 e. The first-order valence-electron chi connectivity index (χ1n) is 11.8. The Labute approximate surface area is 210 Å². The van der Waals surface area contributed by atoms with Crippen LogP contribution >= 0.6 is 0 Å². The van der Waals surface area contributed by atoms with Crippen molar-refractivity contribution in [2.75, 3.05) is 0 Å². The number of hydrogen-bond donors (Lipinski definition) is 0.